The Hall–Kier alpha value is -0.880. The molecule has 0 fully saturated rings. The molecular weight excluding hydrogens is 332 g/mol. The Morgan fingerprint density at radius 1 is 1.24 bits per heavy atom. The molecule has 2 rings (SSSR count). The van der Waals surface area contributed by atoms with Crippen molar-refractivity contribution in [2.24, 2.45) is 5.73 Å². The highest BCUT2D eigenvalue weighted by molar-refractivity contribution is 14.1. The van der Waals surface area contributed by atoms with Crippen LogP contribution >= 0.6 is 22.6 Å². The van der Waals surface area contributed by atoms with Crippen molar-refractivity contribution in [1.29, 1.82) is 0 Å². The summed E-state index contributed by atoms with van der Waals surface area (Å²) in [7, 11) is 0. The molecular formula is C13H13FINO. The maximum Gasteiger partial charge on any atom is 0.124 e. The summed E-state index contributed by atoms with van der Waals surface area (Å²) < 4.78 is 19.3. The van der Waals surface area contributed by atoms with Gasteiger partial charge in [0, 0.05) is 9.13 Å². The van der Waals surface area contributed by atoms with Crippen LogP contribution in [0, 0.1) is 23.2 Å². The third-order valence-corrected chi connectivity index (χ3v) is 3.65. The predicted octanol–water partition coefficient (Wildman–Crippen LogP) is 3.69. The van der Waals surface area contributed by atoms with Gasteiger partial charge in [-0.05, 0) is 60.2 Å². The molecule has 1 heterocycles. The molecule has 1 unspecified atom stereocenters. The molecule has 17 heavy (non-hydrogen) atoms. The number of furan rings is 1. The zero-order chi connectivity index (χ0) is 12.6. The molecule has 0 saturated carbocycles. The Balaban J connectivity index is 2.43. The van der Waals surface area contributed by atoms with Crippen molar-refractivity contribution in [1.82, 2.24) is 0 Å². The van der Waals surface area contributed by atoms with E-state index in [1.807, 2.05) is 19.9 Å². The highest BCUT2D eigenvalue weighted by Gasteiger charge is 2.17. The summed E-state index contributed by atoms with van der Waals surface area (Å²) >= 11 is 2.10. The zero-order valence-corrected chi connectivity index (χ0v) is 11.8. The second-order valence-corrected chi connectivity index (χ2v) is 5.17. The van der Waals surface area contributed by atoms with Crippen LogP contribution in [0.15, 0.2) is 28.7 Å². The molecule has 2 nitrogen and oxygen atoms in total. The first-order chi connectivity index (χ1) is 7.99. The molecule has 0 aliphatic heterocycles. The Bertz CT molecular complexity index is 550. The first kappa shape index (κ1) is 12.6. The third-order valence-electron chi connectivity index (χ3n) is 2.71. The van der Waals surface area contributed by atoms with Crippen LogP contribution in [0.2, 0.25) is 0 Å². The number of hydrogen-bond donors (Lipinski definition) is 1. The first-order valence-electron chi connectivity index (χ1n) is 5.26. The second kappa shape index (κ2) is 4.78. The first-order valence-corrected chi connectivity index (χ1v) is 6.34. The standard InChI is InChI=1S/C13H13FINO/c1-7-5-11(8(2)17-7)13(16)10-4-3-9(14)6-12(10)15/h3-6,13H,16H2,1-2H3. The van der Waals surface area contributed by atoms with Gasteiger partial charge in [0.2, 0.25) is 0 Å². The molecule has 90 valence electrons. The zero-order valence-electron chi connectivity index (χ0n) is 9.63. The van der Waals surface area contributed by atoms with Crippen molar-refractivity contribution < 1.29 is 8.81 Å². The lowest BCUT2D eigenvalue weighted by atomic mass is 10.00. The molecule has 2 N–H and O–H groups in total. The number of aryl methyl sites for hydroxylation is 2. The van der Waals surface area contributed by atoms with Gasteiger partial charge in [-0.15, -0.1) is 0 Å². The summed E-state index contributed by atoms with van der Waals surface area (Å²) in [5.41, 5.74) is 8.06. The van der Waals surface area contributed by atoms with Gasteiger partial charge in [0.15, 0.2) is 0 Å². The third kappa shape index (κ3) is 2.52. The van der Waals surface area contributed by atoms with Crippen LogP contribution in [-0.2, 0) is 0 Å². The summed E-state index contributed by atoms with van der Waals surface area (Å²) in [6.07, 6.45) is 0. The van der Waals surface area contributed by atoms with Crippen LogP contribution in [0.25, 0.3) is 0 Å². The molecule has 2 aromatic rings. The van der Waals surface area contributed by atoms with E-state index >= 15 is 0 Å². The monoisotopic (exact) mass is 345 g/mol. The lowest BCUT2D eigenvalue weighted by molar-refractivity contribution is 0.499. The molecule has 0 aliphatic rings. The lowest BCUT2D eigenvalue weighted by Crippen LogP contribution is -2.13. The molecule has 0 spiro atoms. The molecule has 0 saturated heterocycles. The molecule has 1 atom stereocenters. The molecule has 0 bridgehead atoms. The van der Waals surface area contributed by atoms with Crippen molar-refractivity contribution in [2.45, 2.75) is 19.9 Å². The number of halogens is 2. The van der Waals surface area contributed by atoms with Crippen LogP contribution in [0.1, 0.15) is 28.7 Å². The Kier molecular flexibility index (Phi) is 3.53. The Labute approximate surface area is 113 Å². The minimum absolute atomic E-state index is 0.245. The van der Waals surface area contributed by atoms with Crippen molar-refractivity contribution in [2.75, 3.05) is 0 Å². The highest BCUT2D eigenvalue weighted by Crippen LogP contribution is 2.28. The van der Waals surface area contributed by atoms with Crippen LogP contribution < -0.4 is 5.73 Å². The maximum absolute atomic E-state index is 13.0. The molecule has 1 aromatic carbocycles. The van der Waals surface area contributed by atoms with Gasteiger partial charge in [0.05, 0.1) is 6.04 Å². The van der Waals surface area contributed by atoms with Gasteiger partial charge in [-0.1, -0.05) is 6.07 Å². The van der Waals surface area contributed by atoms with Gasteiger partial charge < -0.3 is 10.2 Å². The van der Waals surface area contributed by atoms with E-state index < -0.39 is 0 Å². The maximum atomic E-state index is 13.0. The van der Waals surface area contributed by atoms with Crippen molar-refractivity contribution in [3.63, 3.8) is 0 Å². The largest absolute Gasteiger partial charge is 0.466 e. The van der Waals surface area contributed by atoms with E-state index in [1.165, 1.54) is 12.1 Å². The van der Waals surface area contributed by atoms with Gasteiger partial charge in [-0.25, -0.2) is 4.39 Å². The average Bonchev–Trinajstić information content (AvgIpc) is 2.57. The van der Waals surface area contributed by atoms with Crippen LogP contribution in [0.5, 0.6) is 0 Å². The fourth-order valence-electron chi connectivity index (χ4n) is 1.88. The van der Waals surface area contributed by atoms with E-state index in [0.717, 1.165) is 26.2 Å². The summed E-state index contributed by atoms with van der Waals surface area (Å²) in [6, 6.07) is 6.29. The van der Waals surface area contributed by atoms with E-state index in [2.05, 4.69) is 22.6 Å². The molecule has 0 aliphatic carbocycles. The Morgan fingerprint density at radius 2 is 1.94 bits per heavy atom. The number of rotatable bonds is 2. The summed E-state index contributed by atoms with van der Waals surface area (Å²) in [6.45, 7) is 3.78. The van der Waals surface area contributed by atoms with E-state index in [9.17, 15) is 4.39 Å². The van der Waals surface area contributed by atoms with Gasteiger partial charge in [0.1, 0.15) is 17.3 Å². The summed E-state index contributed by atoms with van der Waals surface area (Å²) in [5, 5.41) is 0. The van der Waals surface area contributed by atoms with Crippen LogP contribution in [-0.4, -0.2) is 0 Å². The summed E-state index contributed by atoms with van der Waals surface area (Å²) in [5.74, 6) is 1.41. The smallest absolute Gasteiger partial charge is 0.124 e. The predicted molar refractivity (Wildman–Crippen MR) is 73.3 cm³/mol. The fraction of sp³-hybridized carbons (Fsp3) is 0.231. The van der Waals surface area contributed by atoms with Gasteiger partial charge in [-0.2, -0.15) is 0 Å². The van der Waals surface area contributed by atoms with Gasteiger partial charge in [-0.3, -0.25) is 0 Å². The lowest BCUT2D eigenvalue weighted by Gasteiger charge is -2.13. The Morgan fingerprint density at radius 3 is 2.47 bits per heavy atom. The highest BCUT2D eigenvalue weighted by atomic mass is 127. The van der Waals surface area contributed by atoms with Crippen molar-refractivity contribution in [3.05, 3.63) is 56.3 Å². The molecule has 0 radical (unpaired) electrons. The number of nitrogens with two attached hydrogens (primary N) is 1. The summed E-state index contributed by atoms with van der Waals surface area (Å²) in [4.78, 5) is 0. The minimum Gasteiger partial charge on any atom is -0.466 e. The molecule has 4 heteroatoms. The molecule has 1 aromatic heterocycles. The van der Waals surface area contributed by atoms with Gasteiger partial charge in [0.25, 0.3) is 0 Å². The molecule has 0 amide bonds. The van der Waals surface area contributed by atoms with Gasteiger partial charge >= 0.3 is 0 Å². The SMILES string of the molecule is Cc1cc(C(N)c2ccc(F)cc2I)c(C)o1. The minimum atomic E-state index is -0.278. The van der Waals surface area contributed by atoms with Crippen LogP contribution in [0.4, 0.5) is 4.39 Å². The van der Waals surface area contributed by atoms with E-state index in [4.69, 9.17) is 10.2 Å². The topological polar surface area (TPSA) is 39.2 Å². The van der Waals surface area contributed by atoms with E-state index in [1.54, 1.807) is 6.07 Å². The van der Waals surface area contributed by atoms with E-state index in [-0.39, 0.29) is 11.9 Å². The second-order valence-electron chi connectivity index (χ2n) is 4.01. The fourth-order valence-corrected chi connectivity index (χ4v) is 2.69. The number of hydrogen-bond acceptors (Lipinski definition) is 2. The van der Waals surface area contributed by atoms with Crippen LogP contribution in [0.3, 0.4) is 0 Å². The van der Waals surface area contributed by atoms with Crippen molar-refractivity contribution in [3.8, 4) is 0 Å². The quantitative estimate of drug-likeness (QED) is 0.844. The number of benzene rings is 1. The van der Waals surface area contributed by atoms with Crippen molar-refractivity contribution >= 4 is 22.6 Å². The normalized spacial score (nSPS) is 12.8. The average molecular weight is 345 g/mol. The van der Waals surface area contributed by atoms with E-state index in [0.29, 0.717) is 0 Å².